The molecule has 6 nitrogen and oxygen atoms in total. The number of ether oxygens (including phenoxy) is 3. The lowest BCUT2D eigenvalue weighted by atomic mass is 9.83. The minimum atomic E-state index is -0.586. The fourth-order valence-corrected chi connectivity index (χ4v) is 3.13. The van der Waals surface area contributed by atoms with Crippen LogP contribution in [0.1, 0.15) is 12.8 Å². The molecule has 3 fully saturated rings. The Labute approximate surface area is 97.2 Å². The van der Waals surface area contributed by atoms with Crippen LogP contribution in [0.4, 0.5) is 0 Å². The van der Waals surface area contributed by atoms with Crippen LogP contribution in [0.5, 0.6) is 0 Å². The summed E-state index contributed by atoms with van der Waals surface area (Å²) in [6, 6.07) is 0. The fraction of sp³-hybridized carbons (Fsp3) is 0.727. The standard InChI is InChI=1S/C11H12O6/c12-8-2-6-5-1-7(9(6)11(14)17-8)10(13)16-4-15-3-5/h5-7,9H,1-4H2. The molecule has 0 radical (unpaired) electrons. The van der Waals surface area contributed by atoms with Crippen molar-refractivity contribution in [2.75, 3.05) is 13.4 Å². The lowest BCUT2D eigenvalue weighted by molar-refractivity contribution is -0.176. The summed E-state index contributed by atoms with van der Waals surface area (Å²) in [4.78, 5) is 34.7. The summed E-state index contributed by atoms with van der Waals surface area (Å²) in [5.74, 6) is -2.60. The van der Waals surface area contributed by atoms with Gasteiger partial charge in [-0.1, -0.05) is 0 Å². The van der Waals surface area contributed by atoms with Gasteiger partial charge in [-0.15, -0.1) is 0 Å². The molecule has 92 valence electrons. The number of fused-ring (bicyclic) bond motifs is 5. The minimum Gasteiger partial charge on any atom is -0.438 e. The van der Waals surface area contributed by atoms with Crippen molar-refractivity contribution in [3.63, 3.8) is 0 Å². The van der Waals surface area contributed by atoms with Crippen LogP contribution in [0.2, 0.25) is 0 Å². The van der Waals surface area contributed by atoms with E-state index in [0.29, 0.717) is 13.0 Å². The number of hydrogen-bond acceptors (Lipinski definition) is 6. The minimum absolute atomic E-state index is 0.0645. The van der Waals surface area contributed by atoms with Gasteiger partial charge in [0, 0.05) is 0 Å². The topological polar surface area (TPSA) is 78.9 Å². The van der Waals surface area contributed by atoms with E-state index in [1.165, 1.54) is 0 Å². The van der Waals surface area contributed by atoms with E-state index in [9.17, 15) is 14.4 Å². The number of carbonyl (C=O) groups excluding carboxylic acids is 3. The predicted octanol–water partition coefficient (Wildman–Crippen LogP) is -0.141. The van der Waals surface area contributed by atoms with E-state index < -0.39 is 29.7 Å². The second-order valence-electron chi connectivity index (χ2n) is 4.74. The van der Waals surface area contributed by atoms with Crippen molar-refractivity contribution in [3.8, 4) is 0 Å². The van der Waals surface area contributed by atoms with E-state index in [-0.39, 0.29) is 25.0 Å². The summed E-state index contributed by atoms with van der Waals surface area (Å²) in [6.45, 7) is 0.347. The van der Waals surface area contributed by atoms with Crippen LogP contribution < -0.4 is 0 Å². The lowest BCUT2D eigenvalue weighted by Gasteiger charge is -2.26. The molecular formula is C11H12O6. The SMILES string of the molecule is O=C1CC2C3COCOC(=O)C(C3)C2C(=O)O1. The molecule has 3 rings (SSSR count). The van der Waals surface area contributed by atoms with Crippen molar-refractivity contribution in [2.24, 2.45) is 23.7 Å². The average Bonchev–Trinajstić information content (AvgIpc) is 2.63. The van der Waals surface area contributed by atoms with Crippen molar-refractivity contribution < 1.29 is 28.6 Å². The first-order valence-corrected chi connectivity index (χ1v) is 5.65. The lowest BCUT2D eigenvalue weighted by Crippen LogP contribution is -2.39. The van der Waals surface area contributed by atoms with Crippen molar-refractivity contribution in [3.05, 3.63) is 0 Å². The average molecular weight is 240 g/mol. The molecule has 2 saturated heterocycles. The molecule has 2 aliphatic heterocycles. The van der Waals surface area contributed by atoms with Gasteiger partial charge >= 0.3 is 17.9 Å². The number of rotatable bonds is 0. The quantitative estimate of drug-likeness (QED) is 0.433. The summed E-state index contributed by atoms with van der Waals surface area (Å²) < 4.78 is 14.7. The van der Waals surface area contributed by atoms with E-state index in [2.05, 4.69) is 4.74 Å². The summed E-state index contributed by atoms with van der Waals surface area (Å²) in [5, 5.41) is 0. The van der Waals surface area contributed by atoms with Crippen molar-refractivity contribution in [1.82, 2.24) is 0 Å². The third-order valence-corrected chi connectivity index (χ3v) is 3.87. The van der Waals surface area contributed by atoms with Gasteiger partial charge in [-0.05, 0) is 18.3 Å². The van der Waals surface area contributed by atoms with Gasteiger partial charge in [0.15, 0.2) is 6.79 Å². The monoisotopic (exact) mass is 240 g/mol. The molecule has 0 aromatic rings. The number of cyclic esters (lactones) is 3. The van der Waals surface area contributed by atoms with Gasteiger partial charge < -0.3 is 14.2 Å². The van der Waals surface area contributed by atoms with Gasteiger partial charge in [0.1, 0.15) is 0 Å². The predicted molar refractivity (Wildman–Crippen MR) is 51.2 cm³/mol. The van der Waals surface area contributed by atoms with Crippen molar-refractivity contribution in [1.29, 1.82) is 0 Å². The molecule has 3 aliphatic rings. The molecule has 0 aromatic heterocycles. The first-order chi connectivity index (χ1) is 8.16. The normalized spacial score (nSPS) is 41.1. The van der Waals surface area contributed by atoms with Gasteiger partial charge in [-0.2, -0.15) is 0 Å². The Balaban J connectivity index is 1.93. The molecule has 4 unspecified atom stereocenters. The molecule has 6 heteroatoms. The fourth-order valence-electron chi connectivity index (χ4n) is 3.13. The maximum atomic E-state index is 11.7. The smallest absolute Gasteiger partial charge is 0.317 e. The summed E-state index contributed by atoms with van der Waals surface area (Å²) >= 11 is 0. The van der Waals surface area contributed by atoms with Gasteiger partial charge in [0.05, 0.1) is 24.9 Å². The van der Waals surface area contributed by atoms with E-state index in [4.69, 9.17) is 9.47 Å². The van der Waals surface area contributed by atoms with Crippen LogP contribution in [0.25, 0.3) is 0 Å². The Morgan fingerprint density at radius 3 is 2.76 bits per heavy atom. The Morgan fingerprint density at radius 1 is 1.12 bits per heavy atom. The third kappa shape index (κ3) is 1.63. The summed E-state index contributed by atoms with van der Waals surface area (Å²) in [6.07, 6.45) is 0.727. The number of hydrogen-bond donors (Lipinski definition) is 0. The van der Waals surface area contributed by atoms with E-state index in [0.717, 1.165) is 0 Å². The molecule has 1 saturated carbocycles. The highest BCUT2D eigenvalue weighted by Crippen LogP contribution is 2.47. The van der Waals surface area contributed by atoms with Crippen LogP contribution in [-0.2, 0) is 28.6 Å². The third-order valence-electron chi connectivity index (χ3n) is 3.87. The van der Waals surface area contributed by atoms with Crippen molar-refractivity contribution >= 4 is 17.9 Å². The van der Waals surface area contributed by atoms with E-state index in [1.807, 2.05) is 0 Å². The zero-order valence-corrected chi connectivity index (χ0v) is 9.09. The van der Waals surface area contributed by atoms with Gasteiger partial charge in [-0.25, -0.2) is 0 Å². The number of esters is 3. The Kier molecular flexibility index (Phi) is 2.39. The van der Waals surface area contributed by atoms with Crippen LogP contribution >= 0.6 is 0 Å². The number of carbonyl (C=O) groups is 3. The molecule has 0 spiro atoms. The molecule has 0 aromatic carbocycles. The zero-order valence-electron chi connectivity index (χ0n) is 9.09. The van der Waals surface area contributed by atoms with Crippen LogP contribution in [0, 0.1) is 23.7 Å². The maximum absolute atomic E-state index is 11.7. The van der Waals surface area contributed by atoms with Gasteiger partial charge in [0.2, 0.25) is 0 Å². The first kappa shape index (κ1) is 10.7. The van der Waals surface area contributed by atoms with Crippen LogP contribution in [-0.4, -0.2) is 31.3 Å². The van der Waals surface area contributed by atoms with E-state index >= 15 is 0 Å². The molecule has 0 N–H and O–H groups in total. The molecule has 1 aliphatic carbocycles. The van der Waals surface area contributed by atoms with Crippen LogP contribution in [0.15, 0.2) is 0 Å². The second kappa shape index (κ2) is 3.80. The highest BCUT2D eigenvalue weighted by atomic mass is 16.7. The Morgan fingerprint density at radius 2 is 1.94 bits per heavy atom. The molecule has 4 atom stereocenters. The first-order valence-electron chi connectivity index (χ1n) is 5.65. The van der Waals surface area contributed by atoms with E-state index in [1.54, 1.807) is 0 Å². The summed E-state index contributed by atoms with van der Waals surface area (Å²) in [7, 11) is 0. The van der Waals surface area contributed by atoms with Gasteiger partial charge in [-0.3, -0.25) is 14.4 Å². The molecule has 17 heavy (non-hydrogen) atoms. The second-order valence-corrected chi connectivity index (χ2v) is 4.74. The maximum Gasteiger partial charge on any atom is 0.317 e. The summed E-state index contributed by atoms with van der Waals surface area (Å²) in [5.41, 5.74) is 0. The Hall–Kier alpha value is -1.43. The molecule has 0 amide bonds. The molecular weight excluding hydrogens is 228 g/mol. The zero-order chi connectivity index (χ0) is 12.0. The van der Waals surface area contributed by atoms with Gasteiger partial charge in [0.25, 0.3) is 0 Å². The highest BCUT2D eigenvalue weighted by Gasteiger charge is 2.55. The molecule has 2 heterocycles. The molecule has 2 bridgehead atoms. The Bertz CT molecular complexity index is 389. The van der Waals surface area contributed by atoms with Crippen LogP contribution in [0.3, 0.4) is 0 Å². The highest BCUT2D eigenvalue weighted by molar-refractivity contribution is 5.93. The largest absolute Gasteiger partial charge is 0.438 e. The van der Waals surface area contributed by atoms with Crippen molar-refractivity contribution in [2.45, 2.75) is 12.8 Å².